The molecule has 134 valence electrons. The molecule has 0 N–H and O–H groups in total. The van der Waals surface area contributed by atoms with Crippen molar-refractivity contribution in [1.82, 2.24) is 4.98 Å². The summed E-state index contributed by atoms with van der Waals surface area (Å²) < 4.78 is 0.896. The molecule has 0 saturated heterocycles. The molecule has 0 aliphatic carbocycles. The van der Waals surface area contributed by atoms with Crippen molar-refractivity contribution in [1.29, 1.82) is 0 Å². The van der Waals surface area contributed by atoms with Gasteiger partial charge < -0.3 is 4.90 Å². The first-order valence-corrected chi connectivity index (χ1v) is 9.88. The fraction of sp³-hybridized carbons (Fsp3) is 0.125. The molecule has 27 heavy (non-hydrogen) atoms. The molecule has 0 radical (unpaired) electrons. The van der Waals surface area contributed by atoms with Crippen LogP contribution in [0.25, 0.3) is 10.8 Å². The van der Waals surface area contributed by atoms with Crippen molar-refractivity contribution in [3.05, 3.63) is 106 Å². The van der Waals surface area contributed by atoms with Crippen LogP contribution in [0.15, 0.2) is 89.7 Å². The number of fused-ring (bicyclic) bond motifs is 1. The molecule has 0 aliphatic rings. The molecule has 0 atom stereocenters. The molecule has 0 saturated carbocycles. The van der Waals surface area contributed by atoms with Gasteiger partial charge in [-0.1, -0.05) is 60.7 Å². The number of pyridine rings is 1. The van der Waals surface area contributed by atoms with Gasteiger partial charge >= 0.3 is 0 Å². The van der Waals surface area contributed by atoms with Gasteiger partial charge in [0.1, 0.15) is 4.60 Å². The van der Waals surface area contributed by atoms with E-state index in [1.54, 1.807) is 0 Å². The normalized spacial score (nSPS) is 10.9. The predicted molar refractivity (Wildman–Crippen MR) is 117 cm³/mol. The Morgan fingerprint density at radius 1 is 0.778 bits per heavy atom. The van der Waals surface area contributed by atoms with Crippen LogP contribution in [0, 0.1) is 6.92 Å². The maximum absolute atomic E-state index is 4.42. The Kier molecular flexibility index (Phi) is 5.21. The van der Waals surface area contributed by atoms with Crippen LogP contribution in [-0.2, 0) is 13.1 Å². The largest absolute Gasteiger partial charge is 0.363 e. The van der Waals surface area contributed by atoms with E-state index in [9.17, 15) is 0 Å². The van der Waals surface area contributed by atoms with Gasteiger partial charge in [0.25, 0.3) is 0 Å². The van der Waals surface area contributed by atoms with Gasteiger partial charge in [-0.05, 0) is 63.1 Å². The fourth-order valence-electron chi connectivity index (χ4n) is 3.37. The predicted octanol–water partition coefficient (Wildman–Crippen LogP) is 6.51. The van der Waals surface area contributed by atoms with Gasteiger partial charge in [-0.3, -0.25) is 0 Å². The maximum Gasteiger partial charge on any atom is 0.113 e. The second kappa shape index (κ2) is 7.93. The van der Waals surface area contributed by atoms with Crippen molar-refractivity contribution in [2.75, 3.05) is 4.90 Å². The quantitative estimate of drug-likeness (QED) is 0.344. The van der Waals surface area contributed by atoms with Gasteiger partial charge in [-0.15, -0.1) is 0 Å². The SMILES string of the molecule is Cc1cnc(Br)c2ccc(N(Cc3ccccc3)Cc3ccccc3)cc12. The van der Waals surface area contributed by atoms with E-state index in [4.69, 9.17) is 0 Å². The summed E-state index contributed by atoms with van der Waals surface area (Å²) >= 11 is 3.58. The van der Waals surface area contributed by atoms with Crippen molar-refractivity contribution >= 4 is 32.4 Å². The Hall–Kier alpha value is -2.65. The minimum absolute atomic E-state index is 0.868. The van der Waals surface area contributed by atoms with E-state index in [1.807, 2.05) is 6.20 Å². The molecule has 0 unspecified atom stereocenters. The molecule has 0 amide bonds. The van der Waals surface area contributed by atoms with E-state index < -0.39 is 0 Å². The highest BCUT2D eigenvalue weighted by atomic mass is 79.9. The summed E-state index contributed by atoms with van der Waals surface area (Å²) in [6, 6.07) is 27.9. The third kappa shape index (κ3) is 4.04. The summed E-state index contributed by atoms with van der Waals surface area (Å²) in [7, 11) is 0. The summed E-state index contributed by atoms with van der Waals surface area (Å²) in [5.74, 6) is 0. The molecule has 0 spiro atoms. The molecule has 1 heterocycles. The topological polar surface area (TPSA) is 16.1 Å². The molecule has 0 fully saturated rings. The lowest BCUT2D eigenvalue weighted by Crippen LogP contribution is -2.22. The number of rotatable bonds is 5. The first-order valence-electron chi connectivity index (χ1n) is 9.08. The highest BCUT2D eigenvalue weighted by Crippen LogP contribution is 2.30. The number of benzene rings is 3. The summed E-state index contributed by atoms with van der Waals surface area (Å²) in [5.41, 5.74) is 5.02. The minimum Gasteiger partial charge on any atom is -0.363 e. The third-order valence-corrected chi connectivity index (χ3v) is 5.45. The van der Waals surface area contributed by atoms with Crippen molar-refractivity contribution in [2.24, 2.45) is 0 Å². The average Bonchev–Trinajstić information content (AvgIpc) is 2.72. The third-order valence-electron chi connectivity index (χ3n) is 4.82. The highest BCUT2D eigenvalue weighted by Gasteiger charge is 2.11. The molecule has 3 heteroatoms. The van der Waals surface area contributed by atoms with Crippen LogP contribution in [0.3, 0.4) is 0 Å². The first-order chi connectivity index (χ1) is 13.2. The van der Waals surface area contributed by atoms with E-state index in [2.05, 4.69) is 112 Å². The van der Waals surface area contributed by atoms with Gasteiger partial charge in [-0.2, -0.15) is 0 Å². The summed E-state index contributed by atoms with van der Waals surface area (Å²) in [6.07, 6.45) is 1.93. The van der Waals surface area contributed by atoms with Crippen LogP contribution in [-0.4, -0.2) is 4.98 Å². The maximum atomic E-state index is 4.42. The zero-order chi connectivity index (χ0) is 18.6. The van der Waals surface area contributed by atoms with Gasteiger partial charge in [0.05, 0.1) is 0 Å². The number of anilines is 1. The van der Waals surface area contributed by atoms with Crippen LogP contribution in [0.1, 0.15) is 16.7 Å². The molecular weight excluding hydrogens is 396 g/mol. The van der Waals surface area contributed by atoms with Crippen LogP contribution >= 0.6 is 15.9 Å². The molecule has 4 aromatic rings. The Labute approximate surface area is 168 Å². The number of hydrogen-bond acceptors (Lipinski definition) is 2. The standard InChI is InChI=1S/C24H21BrN2/c1-18-15-26-24(25)22-13-12-21(14-23(18)22)27(16-19-8-4-2-5-9-19)17-20-10-6-3-7-11-20/h2-15H,16-17H2,1H3. The monoisotopic (exact) mass is 416 g/mol. The molecule has 4 rings (SSSR count). The van der Waals surface area contributed by atoms with Crippen LogP contribution in [0.4, 0.5) is 5.69 Å². The number of halogens is 1. The van der Waals surface area contributed by atoms with Crippen molar-refractivity contribution in [3.8, 4) is 0 Å². The van der Waals surface area contributed by atoms with Gasteiger partial charge in [0, 0.05) is 30.4 Å². The zero-order valence-electron chi connectivity index (χ0n) is 15.3. The Balaban J connectivity index is 1.75. The lowest BCUT2D eigenvalue weighted by Gasteiger charge is -2.26. The molecule has 0 bridgehead atoms. The number of hydrogen-bond donors (Lipinski definition) is 0. The van der Waals surface area contributed by atoms with Gasteiger partial charge in [0.15, 0.2) is 0 Å². The number of aryl methyl sites for hydroxylation is 1. The Bertz CT molecular complexity index is 1000. The molecule has 3 aromatic carbocycles. The van der Waals surface area contributed by atoms with E-state index in [-0.39, 0.29) is 0 Å². The minimum atomic E-state index is 0.868. The lowest BCUT2D eigenvalue weighted by atomic mass is 10.1. The second-order valence-electron chi connectivity index (χ2n) is 6.79. The number of nitrogens with zero attached hydrogens (tertiary/aromatic N) is 2. The smallest absolute Gasteiger partial charge is 0.113 e. The van der Waals surface area contributed by atoms with Crippen LogP contribution < -0.4 is 4.90 Å². The van der Waals surface area contributed by atoms with Gasteiger partial charge in [0.2, 0.25) is 0 Å². The zero-order valence-corrected chi connectivity index (χ0v) is 16.9. The lowest BCUT2D eigenvalue weighted by molar-refractivity contribution is 0.800. The molecule has 1 aromatic heterocycles. The van der Waals surface area contributed by atoms with Crippen LogP contribution in [0.5, 0.6) is 0 Å². The summed E-state index contributed by atoms with van der Waals surface area (Å²) in [4.78, 5) is 6.85. The molecular formula is C24H21BrN2. The fourth-order valence-corrected chi connectivity index (χ4v) is 3.82. The van der Waals surface area contributed by atoms with E-state index >= 15 is 0 Å². The molecule has 2 nitrogen and oxygen atoms in total. The Morgan fingerprint density at radius 3 is 1.96 bits per heavy atom. The Morgan fingerprint density at radius 2 is 1.37 bits per heavy atom. The number of aromatic nitrogens is 1. The average molecular weight is 417 g/mol. The summed E-state index contributed by atoms with van der Waals surface area (Å²) in [6.45, 7) is 3.85. The van der Waals surface area contributed by atoms with Crippen molar-refractivity contribution in [2.45, 2.75) is 20.0 Å². The van der Waals surface area contributed by atoms with Gasteiger partial charge in [-0.25, -0.2) is 4.98 Å². The second-order valence-corrected chi connectivity index (χ2v) is 7.54. The van der Waals surface area contributed by atoms with E-state index in [1.165, 1.54) is 27.8 Å². The van der Waals surface area contributed by atoms with Crippen molar-refractivity contribution < 1.29 is 0 Å². The highest BCUT2D eigenvalue weighted by molar-refractivity contribution is 9.10. The van der Waals surface area contributed by atoms with E-state index in [0.717, 1.165) is 23.1 Å². The van der Waals surface area contributed by atoms with Crippen LogP contribution in [0.2, 0.25) is 0 Å². The molecule has 0 aliphatic heterocycles. The van der Waals surface area contributed by atoms with E-state index in [0.29, 0.717) is 0 Å². The first kappa shape index (κ1) is 17.7. The summed E-state index contributed by atoms with van der Waals surface area (Å²) in [5, 5.41) is 2.39. The van der Waals surface area contributed by atoms with Crippen molar-refractivity contribution in [3.63, 3.8) is 0 Å².